The molecule has 1 fully saturated rings. The van der Waals surface area contributed by atoms with E-state index < -0.39 is 0 Å². The Bertz CT molecular complexity index is 688. The molecule has 1 aliphatic rings. The Morgan fingerprint density at radius 1 is 0.960 bits per heavy atom. The Kier molecular flexibility index (Phi) is 6.06. The van der Waals surface area contributed by atoms with E-state index in [1.165, 1.54) is 4.88 Å². The van der Waals surface area contributed by atoms with Gasteiger partial charge < -0.3 is 14.5 Å². The van der Waals surface area contributed by atoms with Crippen LogP contribution in [0.5, 0.6) is 5.75 Å². The van der Waals surface area contributed by atoms with Crippen LogP contribution in [0.15, 0.2) is 47.8 Å². The van der Waals surface area contributed by atoms with Crippen LogP contribution in [0, 0.1) is 0 Å². The van der Waals surface area contributed by atoms with Crippen molar-refractivity contribution < 1.29 is 14.3 Å². The zero-order valence-corrected chi connectivity index (χ0v) is 14.9. The number of carbonyl (C=O) groups is 2. The normalized spacial score (nSPS) is 14.9. The second kappa shape index (κ2) is 8.67. The van der Waals surface area contributed by atoms with E-state index in [2.05, 4.69) is 6.07 Å². The topological polar surface area (TPSA) is 49.9 Å². The minimum absolute atomic E-state index is 0.159. The highest BCUT2D eigenvalue weighted by Gasteiger charge is 2.23. The molecule has 1 aromatic heterocycles. The lowest BCUT2D eigenvalue weighted by molar-refractivity contribution is -0.131. The quantitative estimate of drug-likeness (QED) is 0.841. The number of amides is 2. The third-order valence-electron chi connectivity index (χ3n) is 4.22. The first-order valence-corrected chi connectivity index (χ1v) is 9.42. The van der Waals surface area contributed by atoms with Crippen molar-refractivity contribution in [2.75, 3.05) is 26.2 Å². The number of carbonyl (C=O) groups excluding carboxylic acids is 2. The third kappa shape index (κ3) is 5.06. The lowest BCUT2D eigenvalue weighted by Crippen LogP contribution is -2.38. The van der Waals surface area contributed by atoms with Crippen molar-refractivity contribution in [3.8, 4) is 5.75 Å². The zero-order valence-electron chi connectivity index (χ0n) is 14.1. The summed E-state index contributed by atoms with van der Waals surface area (Å²) in [5.41, 5.74) is 0. The highest BCUT2D eigenvalue weighted by molar-refractivity contribution is 7.09. The number of aryl methyl sites for hydroxylation is 1. The summed E-state index contributed by atoms with van der Waals surface area (Å²) < 4.78 is 5.39. The molecule has 0 N–H and O–H groups in total. The minimum Gasteiger partial charge on any atom is -0.410 e. The first-order valence-electron chi connectivity index (χ1n) is 8.54. The SMILES string of the molecule is O=C(CCc1cccs1)N1CCCN(C(=O)Oc2ccccc2)CC1. The fourth-order valence-electron chi connectivity index (χ4n) is 2.85. The number of hydrogen-bond acceptors (Lipinski definition) is 4. The van der Waals surface area contributed by atoms with Gasteiger partial charge in [0.25, 0.3) is 0 Å². The van der Waals surface area contributed by atoms with Crippen molar-refractivity contribution in [1.82, 2.24) is 9.80 Å². The molecule has 2 amide bonds. The lowest BCUT2D eigenvalue weighted by atomic mass is 10.2. The van der Waals surface area contributed by atoms with Gasteiger partial charge in [0.05, 0.1) is 0 Å². The van der Waals surface area contributed by atoms with E-state index in [1.807, 2.05) is 34.5 Å². The number of benzene rings is 1. The fraction of sp³-hybridized carbons (Fsp3) is 0.368. The zero-order chi connectivity index (χ0) is 17.5. The summed E-state index contributed by atoms with van der Waals surface area (Å²) in [6, 6.07) is 13.1. The van der Waals surface area contributed by atoms with Gasteiger partial charge in [-0.3, -0.25) is 4.79 Å². The molecular weight excluding hydrogens is 336 g/mol. The van der Waals surface area contributed by atoms with E-state index in [9.17, 15) is 9.59 Å². The van der Waals surface area contributed by atoms with Gasteiger partial charge in [0.1, 0.15) is 5.75 Å². The second-order valence-electron chi connectivity index (χ2n) is 5.98. The van der Waals surface area contributed by atoms with Crippen LogP contribution in [-0.2, 0) is 11.2 Å². The Balaban J connectivity index is 1.48. The molecule has 1 aromatic carbocycles. The first kappa shape index (κ1) is 17.5. The van der Waals surface area contributed by atoms with E-state index >= 15 is 0 Å². The van der Waals surface area contributed by atoms with Gasteiger partial charge in [-0.2, -0.15) is 0 Å². The predicted octanol–water partition coefficient (Wildman–Crippen LogP) is 3.41. The van der Waals surface area contributed by atoms with Gasteiger partial charge in [-0.25, -0.2) is 4.79 Å². The summed E-state index contributed by atoms with van der Waals surface area (Å²) in [6.07, 6.45) is 1.73. The molecule has 0 atom stereocenters. The standard InChI is InChI=1S/C19H22N2O3S/c22-18(10-9-17-8-4-15-25-17)20-11-5-12-21(14-13-20)19(23)24-16-6-2-1-3-7-16/h1-4,6-8,15H,5,9-14H2. The van der Waals surface area contributed by atoms with E-state index in [4.69, 9.17) is 4.74 Å². The maximum absolute atomic E-state index is 12.4. The molecule has 2 aromatic rings. The van der Waals surface area contributed by atoms with E-state index in [1.54, 1.807) is 28.4 Å². The average molecular weight is 358 g/mol. The predicted molar refractivity (Wildman–Crippen MR) is 97.9 cm³/mol. The maximum atomic E-state index is 12.4. The molecule has 132 valence electrons. The number of rotatable bonds is 4. The molecule has 0 aliphatic carbocycles. The molecule has 0 bridgehead atoms. The van der Waals surface area contributed by atoms with Gasteiger partial charge >= 0.3 is 6.09 Å². The van der Waals surface area contributed by atoms with Crippen LogP contribution in [0.1, 0.15) is 17.7 Å². The van der Waals surface area contributed by atoms with Crippen molar-refractivity contribution in [1.29, 1.82) is 0 Å². The van der Waals surface area contributed by atoms with Gasteiger partial charge in [0.15, 0.2) is 0 Å². The van der Waals surface area contributed by atoms with Crippen molar-refractivity contribution in [3.63, 3.8) is 0 Å². The molecule has 1 aliphatic heterocycles. The van der Waals surface area contributed by atoms with Gasteiger partial charge in [-0.05, 0) is 36.4 Å². The van der Waals surface area contributed by atoms with Crippen LogP contribution in [0.4, 0.5) is 4.79 Å². The molecular formula is C19H22N2O3S. The fourth-order valence-corrected chi connectivity index (χ4v) is 3.56. The van der Waals surface area contributed by atoms with Crippen molar-refractivity contribution in [2.24, 2.45) is 0 Å². The smallest absolute Gasteiger partial charge is 0.410 e. The Morgan fingerprint density at radius 3 is 2.48 bits per heavy atom. The summed E-state index contributed by atoms with van der Waals surface area (Å²) >= 11 is 1.68. The average Bonchev–Trinajstić information content (AvgIpc) is 3.02. The summed E-state index contributed by atoms with van der Waals surface area (Å²) in [5.74, 6) is 0.701. The summed E-state index contributed by atoms with van der Waals surface area (Å²) in [7, 11) is 0. The number of ether oxygens (including phenoxy) is 1. The molecule has 1 saturated heterocycles. The highest BCUT2D eigenvalue weighted by Crippen LogP contribution is 2.14. The number of thiophene rings is 1. The Morgan fingerprint density at radius 2 is 1.72 bits per heavy atom. The van der Waals surface area contributed by atoms with Crippen LogP contribution < -0.4 is 4.74 Å². The molecule has 3 rings (SSSR count). The number of para-hydroxylation sites is 1. The molecule has 2 heterocycles. The van der Waals surface area contributed by atoms with Gasteiger partial charge in [0.2, 0.25) is 5.91 Å². The van der Waals surface area contributed by atoms with Crippen LogP contribution in [0.3, 0.4) is 0 Å². The molecule has 0 radical (unpaired) electrons. The Labute approximate surface area is 151 Å². The van der Waals surface area contributed by atoms with Gasteiger partial charge in [-0.1, -0.05) is 24.3 Å². The van der Waals surface area contributed by atoms with E-state index in [0.29, 0.717) is 38.3 Å². The monoisotopic (exact) mass is 358 g/mol. The van der Waals surface area contributed by atoms with Crippen LogP contribution >= 0.6 is 11.3 Å². The summed E-state index contributed by atoms with van der Waals surface area (Å²) in [5, 5.41) is 2.03. The molecule has 0 saturated carbocycles. The minimum atomic E-state index is -0.348. The lowest BCUT2D eigenvalue weighted by Gasteiger charge is -2.21. The largest absolute Gasteiger partial charge is 0.415 e. The van der Waals surface area contributed by atoms with Gasteiger partial charge in [-0.15, -0.1) is 11.3 Å². The molecule has 5 nitrogen and oxygen atoms in total. The molecule has 25 heavy (non-hydrogen) atoms. The van der Waals surface area contributed by atoms with Crippen LogP contribution in [0.2, 0.25) is 0 Å². The van der Waals surface area contributed by atoms with Crippen LogP contribution in [0.25, 0.3) is 0 Å². The number of nitrogens with zero attached hydrogens (tertiary/aromatic N) is 2. The first-order chi connectivity index (χ1) is 12.2. The maximum Gasteiger partial charge on any atom is 0.415 e. The third-order valence-corrected chi connectivity index (χ3v) is 5.16. The van der Waals surface area contributed by atoms with Crippen molar-refractivity contribution in [2.45, 2.75) is 19.3 Å². The molecule has 0 unspecified atom stereocenters. The molecule has 0 spiro atoms. The summed E-state index contributed by atoms with van der Waals surface area (Å²) in [6.45, 7) is 2.38. The molecule has 6 heteroatoms. The van der Waals surface area contributed by atoms with Crippen molar-refractivity contribution >= 4 is 23.3 Å². The Hall–Kier alpha value is -2.34. The second-order valence-corrected chi connectivity index (χ2v) is 7.01. The van der Waals surface area contributed by atoms with Gasteiger partial charge in [0, 0.05) is 37.5 Å². The highest BCUT2D eigenvalue weighted by atomic mass is 32.1. The summed E-state index contributed by atoms with van der Waals surface area (Å²) in [4.78, 5) is 29.5. The van der Waals surface area contributed by atoms with E-state index in [0.717, 1.165) is 12.8 Å². The van der Waals surface area contributed by atoms with Crippen molar-refractivity contribution in [3.05, 3.63) is 52.7 Å². The van der Waals surface area contributed by atoms with E-state index in [-0.39, 0.29) is 12.0 Å². The number of hydrogen-bond donors (Lipinski definition) is 0. The van der Waals surface area contributed by atoms with Crippen LogP contribution in [-0.4, -0.2) is 48.0 Å².